The van der Waals surface area contributed by atoms with Gasteiger partial charge in [0.25, 0.3) is 5.91 Å². The van der Waals surface area contributed by atoms with Crippen molar-refractivity contribution in [3.05, 3.63) is 84.4 Å². The van der Waals surface area contributed by atoms with Crippen LogP contribution in [0.15, 0.2) is 84.0 Å². The highest BCUT2D eigenvalue weighted by Crippen LogP contribution is 2.29. The van der Waals surface area contributed by atoms with Gasteiger partial charge in [0.1, 0.15) is 0 Å². The summed E-state index contributed by atoms with van der Waals surface area (Å²) in [5, 5.41) is 5.50. The lowest BCUT2D eigenvalue weighted by Gasteiger charge is -2.12. The smallest absolute Gasteiger partial charge is 0.321 e. The summed E-state index contributed by atoms with van der Waals surface area (Å²) in [4.78, 5) is 29.4. The molecule has 1 aromatic heterocycles. The summed E-state index contributed by atoms with van der Waals surface area (Å²) in [7, 11) is 0. The number of benzene rings is 3. The number of thioether (sulfide) groups is 1. The fourth-order valence-corrected chi connectivity index (χ4v) is 3.95. The molecule has 0 saturated carbocycles. The fourth-order valence-electron chi connectivity index (χ4n) is 3.14. The molecule has 32 heavy (non-hydrogen) atoms. The lowest BCUT2D eigenvalue weighted by Crippen LogP contribution is -2.19. The molecule has 0 aliphatic carbocycles. The van der Waals surface area contributed by atoms with Crippen LogP contribution in [0.4, 0.5) is 20.2 Å². The zero-order valence-electron chi connectivity index (χ0n) is 16.7. The Morgan fingerprint density at radius 2 is 1.59 bits per heavy atom. The van der Waals surface area contributed by atoms with Crippen LogP contribution in [0.5, 0.6) is 0 Å². The van der Waals surface area contributed by atoms with Crippen molar-refractivity contribution >= 4 is 46.0 Å². The second-order valence-electron chi connectivity index (χ2n) is 6.73. The highest BCUT2D eigenvalue weighted by Gasteiger charge is 2.19. The molecule has 6 nitrogen and oxygen atoms in total. The normalized spacial score (nSPS) is 11.0. The molecule has 9 heteroatoms. The van der Waals surface area contributed by atoms with Crippen molar-refractivity contribution in [3.63, 3.8) is 0 Å². The van der Waals surface area contributed by atoms with E-state index in [-0.39, 0.29) is 22.4 Å². The predicted octanol–water partition coefficient (Wildman–Crippen LogP) is 5.41. The number of fused-ring (bicyclic) bond motifs is 1. The van der Waals surface area contributed by atoms with Crippen LogP contribution in [0, 0.1) is 0 Å². The minimum atomic E-state index is -2.78. The Balaban J connectivity index is 1.46. The summed E-state index contributed by atoms with van der Waals surface area (Å²) in [6, 6.07) is 22.1. The van der Waals surface area contributed by atoms with E-state index in [9.17, 15) is 18.4 Å². The number of hydrogen-bond donors (Lipinski definition) is 2. The molecule has 3 aromatic carbocycles. The van der Waals surface area contributed by atoms with Gasteiger partial charge in [-0.25, -0.2) is 4.98 Å². The van der Waals surface area contributed by atoms with Gasteiger partial charge in [0.05, 0.1) is 28.0 Å². The summed E-state index contributed by atoms with van der Waals surface area (Å²) in [6.07, 6.45) is 0. The third-order valence-electron chi connectivity index (χ3n) is 4.57. The Hall–Kier alpha value is -3.72. The number of imidazole rings is 1. The molecule has 0 aliphatic rings. The first-order chi connectivity index (χ1) is 15.5. The van der Waals surface area contributed by atoms with Crippen LogP contribution in [0.3, 0.4) is 0 Å². The van der Waals surface area contributed by atoms with Crippen molar-refractivity contribution in [2.24, 2.45) is 0 Å². The van der Waals surface area contributed by atoms with Crippen molar-refractivity contribution in [3.8, 4) is 0 Å². The standard InChI is InChI=1S/C23H18F2N4O2S/c24-22(25)29-19-13-7-6-12-18(19)28-23(29)32-14-20(30)27-17-11-5-4-10-16(17)21(31)26-15-8-2-1-3-9-15/h1-13,22H,14H2,(H,26,31)(H,27,30). The molecule has 0 aliphatic heterocycles. The van der Waals surface area contributed by atoms with Gasteiger partial charge >= 0.3 is 6.55 Å². The van der Waals surface area contributed by atoms with E-state index >= 15 is 0 Å². The molecule has 0 bridgehead atoms. The van der Waals surface area contributed by atoms with Gasteiger partial charge in [-0.05, 0) is 36.4 Å². The molecule has 4 aromatic rings. The lowest BCUT2D eigenvalue weighted by molar-refractivity contribution is -0.113. The number of nitrogens with zero attached hydrogens (tertiary/aromatic N) is 2. The Labute approximate surface area is 186 Å². The van der Waals surface area contributed by atoms with Crippen LogP contribution in [0.1, 0.15) is 16.9 Å². The Morgan fingerprint density at radius 3 is 2.38 bits per heavy atom. The monoisotopic (exact) mass is 452 g/mol. The number of hydrogen-bond acceptors (Lipinski definition) is 4. The summed E-state index contributed by atoms with van der Waals surface area (Å²) in [5.41, 5.74) is 1.97. The van der Waals surface area contributed by atoms with Gasteiger partial charge in [0, 0.05) is 5.69 Å². The minimum absolute atomic E-state index is 0.0476. The first-order valence-electron chi connectivity index (χ1n) is 9.66. The quantitative estimate of drug-likeness (QED) is 0.368. The molecule has 162 valence electrons. The van der Waals surface area contributed by atoms with E-state index in [0.717, 1.165) is 16.3 Å². The van der Waals surface area contributed by atoms with Crippen molar-refractivity contribution in [1.29, 1.82) is 0 Å². The first-order valence-corrected chi connectivity index (χ1v) is 10.6. The number of alkyl halides is 2. The average molecular weight is 452 g/mol. The molecule has 0 radical (unpaired) electrons. The number of rotatable bonds is 7. The Morgan fingerprint density at radius 1 is 0.906 bits per heavy atom. The van der Waals surface area contributed by atoms with Crippen LogP contribution in [-0.4, -0.2) is 27.1 Å². The van der Waals surface area contributed by atoms with Gasteiger partial charge in [-0.2, -0.15) is 8.78 Å². The molecule has 2 amide bonds. The second kappa shape index (κ2) is 9.61. The van der Waals surface area contributed by atoms with Gasteiger partial charge in [-0.3, -0.25) is 14.2 Å². The molecule has 1 heterocycles. The topological polar surface area (TPSA) is 76.0 Å². The highest BCUT2D eigenvalue weighted by atomic mass is 32.2. The van der Waals surface area contributed by atoms with Gasteiger partial charge in [0.2, 0.25) is 5.91 Å². The number of halogens is 2. The minimum Gasteiger partial charge on any atom is -0.325 e. The number of nitrogens with one attached hydrogen (secondary N) is 2. The predicted molar refractivity (Wildman–Crippen MR) is 121 cm³/mol. The van der Waals surface area contributed by atoms with Crippen molar-refractivity contribution in [1.82, 2.24) is 9.55 Å². The molecule has 2 N–H and O–H groups in total. The number of para-hydroxylation sites is 4. The maximum atomic E-state index is 13.5. The summed E-state index contributed by atoms with van der Waals surface area (Å²) >= 11 is 0.905. The van der Waals surface area contributed by atoms with Crippen LogP contribution in [0.25, 0.3) is 11.0 Å². The maximum absolute atomic E-state index is 13.5. The van der Waals surface area contributed by atoms with E-state index in [4.69, 9.17) is 0 Å². The van der Waals surface area contributed by atoms with Crippen molar-refractivity contribution in [2.75, 3.05) is 16.4 Å². The zero-order valence-corrected chi connectivity index (χ0v) is 17.5. The Bertz CT molecular complexity index is 1260. The van der Waals surface area contributed by atoms with Crippen LogP contribution < -0.4 is 10.6 Å². The van der Waals surface area contributed by atoms with Crippen LogP contribution in [-0.2, 0) is 4.79 Å². The molecule has 0 atom stereocenters. The van der Waals surface area contributed by atoms with E-state index in [0.29, 0.717) is 22.4 Å². The average Bonchev–Trinajstić information content (AvgIpc) is 3.17. The molecular weight excluding hydrogens is 434 g/mol. The summed E-state index contributed by atoms with van der Waals surface area (Å²) in [6.45, 7) is -2.78. The van der Waals surface area contributed by atoms with E-state index in [1.165, 1.54) is 0 Å². The maximum Gasteiger partial charge on any atom is 0.321 e. The van der Waals surface area contributed by atoms with E-state index in [1.807, 2.05) is 6.07 Å². The number of carbonyl (C=O) groups excluding carboxylic acids is 2. The molecule has 0 saturated heterocycles. The summed E-state index contributed by atoms with van der Waals surface area (Å²) < 4.78 is 27.9. The largest absolute Gasteiger partial charge is 0.325 e. The van der Waals surface area contributed by atoms with Gasteiger partial charge in [-0.15, -0.1) is 0 Å². The third-order valence-corrected chi connectivity index (χ3v) is 5.52. The SMILES string of the molecule is O=C(CSc1nc2ccccc2n1C(F)F)Nc1ccccc1C(=O)Nc1ccccc1. The molecule has 0 unspecified atom stereocenters. The van der Waals surface area contributed by atoms with Crippen LogP contribution in [0.2, 0.25) is 0 Å². The Kier molecular flexibility index (Phi) is 6.46. The van der Waals surface area contributed by atoms with Crippen molar-refractivity contribution < 1.29 is 18.4 Å². The van der Waals surface area contributed by atoms with Crippen molar-refractivity contribution in [2.45, 2.75) is 11.7 Å². The molecule has 4 rings (SSSR count). The van der Waals surface area contributed by atoms with E-state index < -0.39 is 12.5 Å². The third kappa shape index (κ3) is 4.78. The van der Waals surface area contributed by atoms with Crippen LogP contribution >= 0.6 is 11.8 Å². The lowest BCUT2D eigenvalue weighted by atomic mass is 10.1. The number of amides is 2. The molecular formula is C23H18F2N4O2S. The van der Waals surface area contributed by atoms with Gasteiger partial charge in [-0.1, -0.05) is 54.2 Å². The first kappa shape index (κ1) is 21.5. The second-order valence-corrected chi connectivity index (χ2v) is 7.68. The number of carbonyl (C=O) groups is 2. The summed E-state index contributed by atoms with van der Waals surface area (Å²) in [5.74, 6) is -0.966. The van der Waals surface area contributed by atoms with E-state index in [2.05, 4.69) is 15.6 Å². The number of anilines is 2. The van der Waals surface area contributed by atoms with Gasteiger partial charge in [0.15, 0.2) is 5.16 Å². The fraction of sp³-hybridized carbons (Fsp3) is 0.0870. The van der Waals surface area contributed by atoms with E-state index in [1.54, 1.807) is 72.8 Å². The zero-order chi connectivity index (χ0) is 22.5. The molecule has 0 spiro atoms. The molecule has 0 fully saturated rings. The highest BCUT2D eigenvalue weighted by molar-refractivity contribution is 7.99. The van der Waals surface area contributed by atoms with Gasteiger partial charge < -0.3 is 10.6 Å². The number of aromatic nitrogens is 2.